The zero-order valence-corrected chi connectivity index (χ0v) is 22.2. The lowest BCUT2D eigenvalue weighted by Crippen LogP contribution is -2.60. The van der Waals surface area contributed by atoms with Gasteiger partial charge >= 0.3 is 18.2 Å². The van der Waals surface area contributed by atoms with Crippen molar-refractivity contribution < 1.29 is 33.4 Å². The summed E-state index contributed by atoms with van der Waals surface area (Å²) in [7, 11) is 1.27. The number of nitrogens with zero attached hydrogens (tertiary/aromatic N) is 1. The quantitative estimate of drug-likeness (QED) is 0.199. The SMILES string of the molecule is C=C[C@@H]1CCN([C@@H](CCCCNC(=O)OCc2ccccc2)C(=O)OC)C(=O)[C@H]1NC(=O)OC(C)(C)C. The number of carbonyl (C=O) groups is 4. The monoisotopic (exact) mass is 517 g/mol. The normalized spacial score (nSPS) is 18.4. The summed E-state index contributed by atoms with van der Waals surface area (Å²) in [6, 6.07) is 7.66. The second-order valence-electron chi connectivity index (χ2n) is 9.87. The minimum Gasteiger partial charge on any atom is -0.467 e. The molecule has 1 aliphatic rings. The van der Waals surface area contributed by atoms with Crippen LogP contribution in [0, 0.1) is 5.92 Å². The number of benzene rings is 1. The van der Waals surface area contributed by atoms with Crippen molar-refractivity contribution in [1.29, 1.82) is 0 Å². The van der Waals surface area contributed by atoms with Gasteiger partial charge in [-0.15, -0.1) is 6.58 Å². The zero-order valence-electron chi connectivity index (χ0n) is 22.2. The number of unbranched alkanes of at least 4 members (excludes halogenated alkanes) is 1. The van der Waals surface area contributed by atoms with Gasteiger partial charge in [0, 0.05) is 19.0 Å². The van der Waals surface area contributed by atoms with Crippen molar-refractivity contribution in [1.82, 2.24) is 15.5 Å². The third-order valence-electron chi connectivity index (χ3n) is 5.89. The molecule has 1 aliphatic heterocycles. The number of amides is 3. The Labute approximate surface area is 218 Å². The Morgan fingerprint density at radius 2 is 1.86 bits per heavy atom. The smallest absolute Gasteiger partial charge is 0.408 e. The number of hydrogen-bond donors (Lipinski definition) is 2. The lowest BCUT2D eigenvalue weighted by Gasteiger charge is -2.40. The first-order valence-electron chi connectivity index (χ1n) is 12.5. The molecule has 2 N–H and O–H groups in total. The number of nitrogens with one attached hydrogen (secondary N) is 2. The summed E-state index contributed by atoms with van der Waals surface area (Å²) < 4.78 is 15.5. The van der Waals surface area contributed by atoms with E-state index in [1.165, 1.54) is 12.0 Å². The van der Waals surface area contributed by atoms with E-state index < -0.39 is 35.8 Å². The van der Waals surface area contributed by atoms with Crippen molar-refractivity contribution in [2.24, 2.45) is 5.92 Å². The largest absolute Gasteiger partial charge is 0.467 e. The van der Waals surface area contributed by atoms with E-state index in [9.17, 15) is 19.2 Å². The van der Waals surface area contributed by atoms with E-state index in [-0.39, 0.29) is 18.4 Å². The van der Waals surface area contributed by atoms with E-state index in [0.29, 0.717) is 38.8 Å². The van der Waals surface area contributed by atoms with Crippen molar-refractivity contribution in [2.75, 3.05) is 20.2 Å². The van der Waals surface area contributed by atoms with Gasteiger partial charge in [-0.25, -0.2) is 14.4 Å². The van der Waals surface area contributed by atoms with Crippen LogP contribution in [0.4, 0.5) is 9.59 Å². The van der Waals surface area contributed by atoms with E-state index in [0.717, 1.165) is 5.56 Å². The van der Waals surface area contributed by atoms with Crippen molar-refractivity contribution in [3.63, 3.8) is 0 Å². The lowest BCUT2D eigenvalue weighted by molar-refractivity contribution is -0.156. The summed E-state index contributed by atoms with van der Waals surface area (Å²) in [5, 5.41) is 5.33. The van der Waals surface area contributed by atoms with Crippen LogP contribution in [0.1, 0.15) is 52.0 Å². The molecule has 1 saturated heterocycles. The van der Waals surface area contributed by atoms with Crippen LogP contribution in [-0.2, 0) is 30.4 Å². The number of esters is 1. The molecule has 0 saturated carbocycles. The van der Waals surface area contributed by atoms with Crippen LogP contribution in [0.2, 0.25) is 0 Å². The van der Waals surface area contributed by atoms with Crippen LogP contribution in [-0.4, -0.2) is 66.8 Å². The molecule has 0 bridgehead atoms. The predicted molar refractivity (Wildman–Crippen MR) is 137 cm³/mol. The highest BCUT2D eigenvalue weighted by Crippen LogP contribution is 2.25. The van der Waals surface area contributed by atoms with Gasteiger partial charge in [0.15, 0.2) is 0 Å². The van der Waals surface area contributed by atoms with Gasteiger partial charge in [0.1, 0.15) is 24.3 Å². The molecule has 0 aromatic heterocycles. The first-order valence-corrected chi connectivity index (χ1v) is 12.5. The van der Waals surface area contributed by atoms with Gasteiger partial charge in [0.25, 0.3) is 0 Å². The molecule has 37 heavy (non-hydrogen) atoms. The Bertz CT molecular complexity index is 930. The second kappa shape index (κ2) is 14.2. The number of methoxy groups -OCH3 is 1. The minimum absolute atomic E-state index is 0.179. The molecule has 0 spiro atoms. The molecular weight excluding hydrogens is 478 g/mol. The van der Waals surface area contributed by atoms with Gasteiger partial charge in [-0.05, 0) is 52.0 Å². The summed E-state index contributed by atoms with van der Waals surface area (Å²) in [6.07, 6.45) is 2.40. The topological polar surface area (TPSA) is 123 Å². The lowest BCUT2D eigenvalue weighted by atomic mass is 9.89. The van der Waals surface area contributed by atoms with Gasteiger partial charge in [0.05, 0.1) is 7.11 Å². The Hall–Kier alpha value is -3.56. The summed E-state index contributed by atoms with van der Waals surface area (Å²) >= 11 is 0. The van der Waals surface area contributed by atoms with Crippen LogP contribution < -0.4 is 10.6 Å². The van der Waals surface area contributed by atoms with Crippen LogP contribution in [0.15, 0.2) is 43.0 Å². The number of rotatable bonds is 11. The highest BCUT2D eigenvalue weighted by Gasteiger charge is 2.41. The Balaban J connectivity index is 1.89. The summed E-state index contributed by atoms with van der Waals surface area (Å²) in [5.74, 6) is -1.21. The molecule has 1 heterocycles. The second-order valence-corrected chi connectivity index (χ2v) is 9.87. The van der Waals surface area contributed by atoms with Gasteiger partial charge in [-0.3, -0.25) is 4.79 Å². The van der Waals surface area contributed by atoms with E-state index in [1.807, 2.05) is 30.3 Å². The van der Waals surface area contributed by atoms with Crippen molar-refractivity contribution in [3.8, 4) is 0 Å². The van der Waals surface area contributed by atoms with E-state index in [2.05, 4.69) is 17.2 Å². The van der Waals surface area contributed by atoms with Crippen molar-refractivity contribution >= 4 is 24.1 Å². The Morgan fingerprint density at radius 3 is 2.49 bits per heavy atom. The van der Waals surface area contributed by atoms with Crippen LogP contribution in [0.3, 0.4) is 0 Å². The molecule has 10 nitrogen and oxygen atoms in total. The fraction of sp³-hybridized carbons (Fsp3) is 0.556. The van der Waals surface area contributed by atoms with Gasteiger partial charge < -0.3 is 29.7 Å². The van der Waals surface area contributed by atoms with Gasteiger partial charge in [0.2, 0.25) is 5.91 Å². The van der Waals surface area contributed by atoms with E-state index >= 15 is 0 Å². The maximum Gasteiger partial charge on any atom is 0.408 e. The number of alkyl carbamates (subject to hydrolysis) is 2. The first-order chi connectivity index (χ1) is 17.6. The van der Waals surface area contributed by atoms with Crippen LogP contribution in [0.5, 0.6) is 0 Å². The third kappa shape index (κ3) is 9.78. The van der Waals surface area contributed by atoms with Crippen molar-refractivity contribution in [3.05, 3.63) is 48.6 Å². The van der Waals surface area contributed by atoms with Gasteiger partial charge in [-0.2, -0.15) is 0 Å². The Kier molecular flexibility index (Phi) is 11.4. The molecule has 1 fully saturated rings. The number of likely N-dealkylation sites (tertiary alicyclic amines) is 1. The molecule has 0 aliphatic carbocycles. The molecule has 204 valence electrons. The van der Waals surface area contributed by atoms with Crippen LogP contribution >= 0.6 is 0 Å². The molecule has 1 aromatic carbocycles. The molecule has 3 amide bonds. The fourth-order valence-electron chi connectivity index (χ4n) is 4.06. The predicted octanol–water partition coefficient (Wildman–Crippen LogP) is 3.55. The summed E-state index contributed by atoms with van der Waals surface area (Å²) in [5.41, 5.74) is 0.171. The number of piperidine rings is 1. The number of ether oxygens (including phenoxy) is 3. The molecule has 1 aromatic rings. The maximum absolute atomic E-state index is 13.4. The molecule has 10 heteroatoms. The molecular formula is C27H39N3O7. The highest BCUT2D eigenvalue weighted by atomic mass is 16.6. The molecule has 0 unspecified atom stereocenters. The zero-order chi connectivity index (χ0) is 27.4. The maximum atomic E-state index is 13.4. The standard InChI is InChI=1S/C27H39N3O7/c1-6-20-15-17-30(23(31)22(20)29-26(34)37-27(2,3)4)21(24(32)35-5)14-10-11-16-28-25(33)36-18-19-12-8-7-9-13-19/h6-9,12-13,20-22H,1,10-11,14-18H2,2-5H3,(H,28,33)(H,29,34)/t20-,21+,22+/m1/s1. The third-order valence-corrected chi connectivity index (χ3v) is 5.89. The van der Waals surface area contributed by atoms with E-state index in [1.54, 1.807) is 26.8 Å². The highest BCUT2D eigenvalue weighted by molar-refractivity contribution is 5.90. The van der Waals surface area contributed by atoms with Crippen molar-refractivity contribution in [2.45, 2.75) is 70.7 Å². The minimum atomic E-state index is -0.894. The molecule has 2 rings (SSSR count). The van der Waals surface area contributed by atoms with Gasteiger partial charge in [-0.1, -0.05) is 36.4 Å². The average molecular weight is 518 g/mol. The number of hydrogen-bond acceptors (Lipinski definition) is 7. The average Bonchev–Trinajstić information content (AvgIpc) is 2.85. The fourth-order valence-corrected chi connectivity index (χ4v) is 4.06. The van der Waals surface area contributed by atoms with Crippen LogP contribution in [0.25, 0.3) is 0 Å². The molecule has 0 radical (unpaired) electrons. The summed E-state index contributed by atoms with van der Waals surface area (Å²) in [6.45, 7) is 9.85. The Morgan fingerprint density at radius 1 is 1.16 bits per heavy atom. The van der Waals surface area contributed by atoms with E-state index in [4.69, 9.17) is 14.2 Å². The number of carbonyl (C=O) groups excluding carboxylic acids is 4. The molecule has 3 atom stereocenters. The summed E-state index contributed by atoms with van der Waals surface area (Å²) in [4.78, 5) is 51.7. The first kappa shape index (κ1) is 29.7.